The van der Waals surface area contributed by atoms with Crippen molar-refractivity contribution in [1.82, 2.24) is 4.90 Å². The molecule has 2 heterocycles. The highest BCUT2D eigenvalue weighted by Crippen LogP contribution is 2.38. The molecule has 0 N–H and O–H groups in total. The molecule has 1 saturated heterocycles. The standard InChI is InChI=1S/C26H29ClN2O2/c1-15-10-16(2)14-28(13-15)24-23(20-8-6-17(3)19(5)11-20)25(30)29(26(24)31)21-9-7-18(4)22(27)12-21/h6-9,11-12,15-16H,10,13-14H2,1-5H3. The van der Waals surface area contributed by atoms with E-state index in [0.29, 0.717) is 33.8 Å². The summed E-state index contributed by atoms with van der Waals surface area (Å²) in [6, 6.07) is 11.3. The molecule has 2 atom stereocenters. The van der Waals surface area contributed by atoms with Gasteiger partial charge >= 0.3 is 0 Å². The first-order chi connectivity index (χ1) is 14.7. The van der Waals surface area contributed by atoms with Crippen LogP contribution >= 0.6 is 11.6 Å². The summed E-state index contributed by atoms with van der Waals surface area (Å²) in [5, 5.41) is 0.541. The fraction of sp³-hybridized carbons (Fsp3) is 0.385. The smallest absolute Gasteiger partial charge is 0.282 e. The first kappa shape index (κ1) is 21.6. The third-order valence-corrected chi connectivity index (χ3v) is 6.86. The van der Waals surface area contributed by atoms with Gasteiger partial charge in [0, 0.05) is 18.1 Å². The number of nitrogens with zero attached hydrogens (tertiary/aromatic N) is 2. The van der Waals surface area contributed by atoms with Gasteiger partial charge in [0.2, 0.25) is 0 Å². The first-order valence-corrected chi connectivity index (χ1v) is 11.3. The van der Waals surface area contributed by atoms with E-state index in [1.54, 1.807) is 12.1 Å². The lowest BCUT2D eigenvalue weighted by atomic mass is 9.90. The molecule has 2 aromatic rings. The van der Waals surface area contributed by atoms with Gasteiger partial charge in [0.25, 0.3) is 11.8 Å². The van der Waals surface area contributed by atoms with E-state index in [1.807, 2.05) is 45.0 Å². The average Bonchev–Trinajstić information content (AvgIpc) is 2.96. The van der Waals surface area contributed by atoms with Crippen molar-refractivity contribution in [2.75, 3.05) is 18.0 Å². The molecule has 162 valence electrons. The largest absolute Gasteiger partial charge is 0.366 e. The molecule has 2 amide bonds. The minimum absolute atomic E-state index is 0.264. The number of hydrogen-bond acceptors (Lipinski definition) is 3. The van der Waals surface area contributed by atoms with Gasteiger partial charge in [-0.1, -0.05) is 49.7 Å². The molecule has 0 aliphatic carbocycles. The minimum atomic E-state index is -0.283. The molecule has 2 aliphatic heterocycles. The second-order valence-electron chi connectivity index (χ2n) is 9.25. The number of carbonyl (C=O) groups is 2. The zero-order chi connectivity index (χ0) is 22.4. The van der Waals surface area contributed by atoms with E-state index in [0.717, 1.165) is 41.8 Å². The van der Waals surface area contributed by atoms with E-state index in [2.05, 4.69) is 18.7 Å². The second kappa shape index (κ2) is 8.16. The van der Waals surface area contributed by atoms with Gasteiger partial charge in [-0.15, -0.1) is 0 Å². The Morgan fingerprint density at radius 1 is 0.839 bits per heavy atom. The molecule has 0 bridgehead atoms. The van der Waals surface area contributed by atoms with Crippen LogP contribution in [0.4, 0.5) is 5.69 Å². The third kappa shape index (κ3) is 3.89. The minimum Gasteiger partial charge on any atom is -0.366 e. The molecule has 0 aromatic heterocycles. The number of likely N-dealkylation sites (tertiary alicyclic amines) is 1. The molecule has 2 aromatic carbocycles. The Morgan fingerprint density at radius 2 is 1.48 bits per heavy atom. The number of rotatable bonds is 3. The number of carbonyl (C=O) groups excluding carboxylic acids is 2. The molecule has 0 radical (unpaired) electrons. The van der Waals surface area contributed by atoms with Crippen molar-refractivity contribution in [2.45, 2.75) is 41.0 Å². The Hall–Kier alpha value is -2.59. The second-order valence-corrected chi connectivity index (χ2v) is 9.66. The van der Waals surface area contributed by atoms with Gasteiger partial charge in [-0.3, -0.25) is 9.59 Å². The Bertz CT molecular complexity index is 1090. The van der Waals surface area contributed by atoms with Crippen LogP contribution < -0.4 is 4.90 Å². The van der Waals surface area contributed by atoms with Crippen LogP contribution in [0.2, 0.25) is 5.02 Å². The van der Waals surface area contributed by atoms with E-state index in [4.69, 9.17) is 11.6 Å². The molecule has 2 aliphatic rings. The fourth-order valence-electron chi connectivity index (χ4n) is 4.77. The van der Waals surface area contributed by atoms with Gasteiger partial charge in [0.1, 0.15) is 5.70 Å². The number of piperidine rings is 1. The number of aryl methyl sites for hydroxylation is 3. The lowest BCUT2D eigenvalue weighted by molar-refractivity contribution is -0.120. The van der Waals surface area contributed by atoms with Crippen molar-refractivity contribution in [3.63, 3.8) is 0 Å². The Balaban J connectivity index is 1.86. The molecule has 5 heteroatoms. The summed E-state index contributed by atoms with van der Waals surface area (Å²) in [5.74, 6) is 0.375. The zero-order valence-electron chi connectivity index (χ0n) is 18.8. The van der Waals surface area contributed by atoms with Crippen LogP contribution in [0.5, 0.6) is 0 Å². The van der Waals surface area contributed by atoms with Gasteiger partial charge < -0.3 is 4.90 Å². The summed E-state index contributed by atoms with van der Waals surface area (Å²) < 4.78 is 0. The quantitative estimate of drug-likeness (QED) is 0.594. The average molecular weight is 437 g/mol. The van der Waals surface area contributed by atoms with Gasteiger partial charge in [-0.2, -0.15) is 0 Å². The third-order valence-electron chi connectivity index (χ3n) is 6.45. The lowest BCUT2D eigenvalue weighted by Gasteiger charge is -2.37. The summed E-state index contributed by atoms with van der Waals surface area (Å²) in [5.41, 5.74) is 5.48. The highest BCUT2D eigenvalue weighted by molar-refractivity contribution is 6.45. The van der Waals surface area contributed by atoms with E-state index >= 15 is 0 Å². The van der Waals surface area contributed by atoms with E-state index in [1.165, 1.54) is 4.90 Å². The van der Waals surface area contributed by atoms with Crippen LogP contribution in [0.25, 0.3) is 5.57 Å². The number of amides is 2. The van der Waals surface area contributed by atoms with Crippen molar-refractivity contribution in [3.8, 4) is 0 Å². The van der Waals surface area contributed by atoms with Gasteiger partial charge in [0.05, 0.1) is 11.3 Å². The van der Waals surface area contributed by atoms with Crippen molar-refractivity contribution in [2.24, 2.45) is 11.8 Å². The zero-order valence-corrected chi connectivity index (χ0v) is 19.6. The Morgan fingerprint density at radius 3 is 2.10 bits per heavy atom. The summed E-state index contributed by atoms with van der Waals surface area (Å²) in [7, 11) is 0. The maximum atomic E-state index is 13.7. The molecule has 4 nitrogen and oxygen atoms in total. The number of halogens is 1. The number of anilines is 1. The molecule has 31 heavy (non-hydrogen) atoms. The van der Waals surface area contributed by atoms with E-state index in [-0.39, 0.29) is 11.8 Å². The molecular formula is C26H29ClN2O2. The highest BCUT2D eigenvalue weighted by Gasteiger charge is 2.43. The van der Waals surface area contributed by atoms with Crippen molar-refractivity contribution < 1.29 is 9.59 Å². The summed E-state index contributed by atoms with van der Waals surface area (Å²) in [6.45, 7) is 11.9. The predicted molar refractivity (Wildman–Crippen MR) is 126 cm³/mol. The van der Waals surface area contributed by atoms with Crippen LogP contribution in [0.3, 0.4) is 0 Å². The van der Waals surface area contributed by atoms with Crippen molar-refractivity contribution in [3.05, 3.63) is 69.4 Å². The lowest BCUT2D eigenvalue weighted by Crippen LogP contribution is -2.42. The van der Waals surface area contributed by atoms with Crippen molar-refractivity contribution >= 4 is 34.7 Å². The van der Waals surface area contributed by atoms with Crippen LogP contribution in [0.1, 0.15) is 42.5 Å². The molecular weight excluding hydrogens is 408 g/mol. The summed E-state index contributed by atoms with van der Waals surface area (Å²) in [4.78, 5) is 30.8. The molecule has 1 fully saturated rings. The highest BCUT2D eigenvalue weighted by atomic mass is 35.5. The fourth-order valence-corrected chi connectivity index (χ4v) is 4.94. The maximum Gasteiger partial charge on any atom is 0.282 e. The van der Waals surface area contributed by atoms with Crippen molar-refractivity contribution in [1.29, 1.82) is 0 Å². The van der Waals surface area contributed by atoms with Crippen LogP contribution in [-0.2, 0) is 9.59 Å². The first-order valence-electron chi connectivity index (χ1n) is 10.9. The monoisotopic (exact) mass is 436 g/mol. The number of hydrogen-bond donors (Lipinski definition) is 0. The normalized spacial score (nSPS) is 22.0. The summed E-state index contributed by atoms with van der Waals surface area (Å²) in [6.07, 6.45) is 1.13. The molecule has 2 unspecified atom stereocenters. The Kier molecular flexibility index (Phi) is 5.69. The van der Waals surface area contributed by atoms with Gasteiger partial charge in [0.15, 0.2) is 0 Å². The number of imide groups is 1. The predicted octanol–water partition coefficient (Wildman–Crippen LogP) is 5.53. The van der Waals surface area contributed by atoms with Gasteiger partial charge in [-0.25, -0.2) is 4.90 Å². The number of benzene rings is 2. The molecule has 4 rings (SSSR count). The SMILES string of the molecule is Cc1ccc(C2=C(N3CC(C)CC(C)C3)C(=O)N(c3ccc(C)c(Cl)c3)C2=O)cc1C. The molecule has 0 spiro atoms. The van der Waals surface area contributed by atoms with E-state index in [9.17, 15) is 9.59 Å². The van der Waals surface area contributed by atoms with E-state index < -0.39 is 0 Å². The van der Waals surface area contributed by atoms with Crippen LogP contribution in [0, 0.1) is 32.6 Å². The Labute approximate surface area is 189 Å². The molecule has 0 saturated carbocycles. The topological polar surface area (TPSA) is 40.6 Å². The van der Waals surface area contributed by atoms with Crippen LogP contribution in [-0.4, -0.2) is 29.8 Å². The summed E-state index contributed by atoms with van der Waals surface area (Å²) >= 11 is 6.33. The van der Waals surface area contributed by atoms with Crippen LogP contribution in [0.15, 0.2) is 42.1 Å². The maximum absolute atomic E-state index is 13.7. The van der Waals surface area contributed by atoms with Gasteiger partial charge in [-0.05, 0) is 73.4 Å².